The zero-order valence-electron chi connectivity index (χ0n) is 16.7. The van der Waals surface area contributed by atoms with Crippen molar-refractivity contribution in [2.45, 2.75) is 49.2 Å². The van der Waals surface area contributed by atoms with Crippen molar-refractivity contribution in [2.24, 2.45) is 5.92 Å². The molecular weight excluding hydrogens is 410 g/mol. The second kappa shape index (κ2) is 8.73. The number of rotatable bonds is 5. The number of likely N-dealkylation sites (tertiary alicyclic amines) is 2. The topological polar surface area (TPSA) is 78.0 Å². The van der Waals surface area contributed by atoms with Crippen LogP contribution in [0.15, 0.2) is 16.3 Å². The molecule has 1 aromatic heterocycles. The van der Waals surface area contributed by atoms with Gasteiger partial charge in [-0.25, -0.2) is 8.42 Å². The van der Waals surface area contributed by atoms with Crippen molar-refractivity contribution >= 4 is 33.2 Å². The zero-order valence-corrected chi connectivity index (χ0v) is 18.3. The maximum Gasteiger partial charge on any atom is 0.252 e. The SMILES string of the molecule is O=C(Cc1ccc(S(=O)(=O)N2CCCC2)s1)N1CCC(C(=O)N2CCCC2)CC1. The third kappa shape index (κ3) is 4.51. The molecule has 0 bridgehead atoms. The van der Waals surface area contributed by atoms with Gasteiger partial charge in [-0.2, -0.15) is 4.31 Å². The Bertz CT molecular complexity index is 847. The van der Waals surface area contributed by atoms with E-state index in [0.29, 0.717) is 30.4 Å². The van der Waals surface area contributed by atoms with Crippen LogP contribution in [0.25, 0.3) is 0 Å². The molecule has 7 nitrogen and oxygen atoms in total. The molecule has 1 aromatic rings. The van der Waals surface area contributed by atoms with Crippen molar-refractivity contribution < 1.29 is 18.0 Å². The van der Waals surface area contributed by atoms with Gasteiger partial charge in [0.15, 0.2) is 0 Å². The van der Waals surface area contributed by atoms with Crippen molar-refractivity contribution in [3.05, 3.63) is 17.0 Å². The van der Waals surface area contributed by atoms with Crippen LogP contribution < -0.4 is 0 Å². The van der Waals surface area contributed by atoms with Gasteiger partial charge in [-0.05, 0) is 50.7 Å². The van der Waals surface area contributed by atoms with Gasteiger partial charge in [-0.3, -0.25) is 9.59 Å². The zero-order chi connectivity index (χ0) is 20.4. The van der Waals surface area contributed by atoms with Gasteiger partial charge in [-0.1, -0.05) is 0 Å². The van der Waals surface area contributed by atoms with Crippen molar-refractivity contribution in [1.29, 1.82) is 0 Å². The Hall–Kier alpha value is -1.45. The fourth-order valence-corrected chi connectivity index (χ4v) is 7.50. The van der Waals surface area contributed by atoms with E-state index < -0.39 is 10.0 Å². The minimum atomic E-state index is -3.42. The van der Waals surface area contributed by atoms with Gasteiger partial charge in [-0.15, -0.1) is 11.3 Å². The van der Waals surface area contributed by atoms with Gasteiger partial charge in [0, 0.05) is 50.1 Å². The third-order valence-electron chi connectivity index (χ3n) is 6.24. The summed E-state index contributed by atoms with van der Waals surface area (Å²) in [4.78, 5) is 29.8. The fourth-order valence-electron chi connectivity index (χ4n) is 4.48. The molecule has 3 aliphatic rings. The van der Waals surface area contributed by atoms with E-state index in [0.717, 1.165) is 56.5 Å². The number of nitrogens with zero attached hydrogens (tertiary/aromatic N) is 3. The number of amides is 2. The summed E-state index contributed by atoms with van der Waals surface area (Å²) in [6.45, 7) is 4.12. The molecule has 0 spiro atoms. The highest BCUT2D eigenvalue weighted by Crippen LogP contribution is 2.28. The molecule has 160 valence electrons. The summed E-state index contributed by atoms with van der Waals surface area (Å²) in [7, 11) is -3.42. The molecule has 0 atom stereocenters. The summed E-state index contributed by atoms with van der Waals surface area (Å²) in [5.41, 5.74) is 0. The second-order valence-electron chi connectivity index (χ2n) is 8.20. The molecule has 0 aliphatic carbocycles. The summed E-state index contributed by atoms with van der Waals surface area (Å²) >= 11 is 1.20. The quantitative estimate of drug-likeness (QED) is 0.702. The van der Waals surface area contributed by atoms with Crippen molar-refractivity contribution in [2.75, 3.05) is 39.3 Å². The van der Waals surface area contributed by atoms with E-state index >= 15 is 0 Å². The number of carbonyl (C=O) groups excluding carboxylic acids is 2. The molecule has 0 unspecified atom stereocenters. The summed E-state index contributed by atoms with van der Waals surface area (Å²) in [6, 6.07) is 3.39. The first-order valence-electron chi connectivity index (χ1n) is 10.6. The van der Waals surface area contributed by atoms with Crippen LogP contribution in [0.2, 0.25) is 0 Å². The normalized spacial score (nSPS) is 21.8. The number of hydrogen-bond acceptors (Lipinski definition) is 5. The van der Waals surface area contributed by atoms with Crippen LogP contribution in [0.1, 0.15) is 43.4 Å². The van der Waals surface area contributed by atoms with Crippen LogP contribution in [0.5, 0.6) is 0 Å². The summed E-state index contributed by atoms with van der Waals surface area (Å²) in [6.07, 6.45) is 5.68. The molecule has 29 heavy (non-hydrogen) atoms. The molecule has 2 amide bonds. The van der Waals surface area contributed by atoms with E-state index in [9.17, 15) is 18.0 Å². The minimum absolute atomic E-state index is 0.0176. The van der Waals surface area contributed by atoms with Crippen LogP contribution >= 0.6 is 11.3 Å². The largest absolute Gasteiger partial charge is 0.342 e. The molecular formula is C20H29N3O4S2. The molecule has 4 rings (SSSR count). The van der Waals surface area contributed by atoms with Gasteiger partial charge < -0.3 is 9.80 Å². The maximum absolute atomic E-state index is 12.7. The molecule has 0 saturated carbocycles. The van der Waals surface area contributed by atoms with Crippen LogP contribution in [0, 0.1) is 5.92 Å². The number of sulfonamides is 1. The smallest absolute Gasteiger partial charge is 0.252 e. The number of carbonyl (C=O) groups is 2. The lowest BCUT2D eigenvalue weighted by Crippen LogP contribution is -2.44. The Kier molecular flexibility index (Phi) is 6.27. The predicted molar refractivity (Wildman–Crippen MR) is 111 cm³/mol. The Balaban J connectivity index is 1.30. The van der Waals surface area contributed by atoms with Gasteiger partial charge in [0.1, 0.15) is 4.21 Å². The molecule has 3 saturated heterocycles. The first-order valence-corrected chi connectivity index (χ1v) is 12.9. The Morgan fingerprint density at radius 2 is 1.52 bits per heavy atom. The van der Waals surface area contributed by atoms with Gasteiger partial charge in [0.25, 0.3) is 10.0 Å². The summed E-state index contributed by atoms with van der Waals surface area (Å²) in [5.74, 6) is 0.310. The summed E-state index contributed by atoms with van der Waals surface area (Å²) < 4.78 is 27.2. The molecule has 4 heterocycles. The average Bonchev–Trinajstić information content (AvgIpc) is 3.50. The standard InChI is InChI=1S/C20H29N3O4S2/c24-18(21-13-7-16(8-14-21)20(25)22-9-1-2-10-22)15-17-5-6-19(28-17)29(26,27)23-11-3-4-12-23/h5-6,16H,1-4,7-15H2. The van der Waals surface area contributed by atoms with E-state index in [1.54, 1.807) is 12.1 Å². The molecule has 0 radical (unpaired) electrons. The van der Waals surface area contributed by atoms with Crippen molar-refractivity contribution in [1.82, 2.24) is 14.1 Å². The van der Waals surface area contributed by atoms with E-state index in [1.165, 1.54) is 15.6 Å². The lowest BCUT2D eigenvalue weighted by atomic mass is 9.95. The van der Waals surface area contributed by atoms with Crippen molar-refractivity contribution in [3.63, 3.8) is 0 Å². The van der Waals surface area contributed by atoms with Gasteiger partial charge >= 0.3 is 0 Å². The van der Waals surface area contributed by atoms with E-state index in [1.807, 2.05) is 9.80 Å². The second-order valence-corrected chi connectivity index (χ2v) is 11.5. The fraction of sp³-hybridized carbons (Fsp3) is 0.700. The van der Waals surface area contributed by atoms with Crippen LogP contribution in [-0.2, 0) is 26.0 Å². The monoisotopic (exact) mass is 439 g/mol. The first-order chi connectivity index (χ1) is 13.9. The minimum Gasteiger partial charge on any atom is -0.342 e. The lowest BCUT2D eigenvalue weighted by molar-refractivity contribution is -0.139. The first kappa shape index (κ1) is 20.8. The molecule has 0 aromatic carbocycles. The number of thiophene rings is 1. The van der Waals surface area contributed by atoms with Crippen molar-refractivity contribution in [3.8, 4) is 0 Å². The molecule has 3 fully saturated rings. The Morgan fingerprint density at radius 3 is 2.17 bits per heavy atom. The molecule has 9 heteroatoms. The predicted octanol–water partition coefficient (Wildman–Crippen LogP) is 1.94. The highest BCUT2D eigenvalue weighted by atomic mass is 32.2. The maximum atomic E-state index is 12.7. The Labute approximate surface area is 176 Å². The van der Waals surface area contributed by atoms with E-state index in [4.69, 9.17) is 0 Å². The molecule has 0 N–H and O–H groups in total. The van der Waals surface area contributed by atoms with Crippen LogP contribution in [-0.4, -0.2) is 73.6 Å². The average molecular weight is 440 g/mol. The van der Waals surface area contributed by atoms with E-state index in [2.05, 4.69) is 0 Å². The van der Waals surface area contributed by atoms with Gasteiger partial charge in [0.05, 0.1) is 6.42 Å². The van der Waals surface area contributed by atoms with E-state index in [-0.39, 0.29) is 24.2 Å². The number of piperidine rings is 1. The Morgan fingerprint density at radius 1 is 0.897 bits per heavy atom. The highest BCUT2D eigenvalue weighted by molar-refractivity contribution is 7.91. The summed E-state index contributed by atoms with van der Waals surface area (Å²) in [5, 5.41) is 0. The third-order valence-corrected chi connectivity index (χ3v) is 9.69. The van der Waals surface area contributed by atoms with Gasteiger partial charge in [0.2, 0.25) is 11.8 Å². The van der Waals surface area contributed by atoms with Crippen LogP contribution in [0.4, 0.5) is 0 Å². The highest BCUT2D eigenvalue weighted by Gasteiger charge is 2.32. The van der Waals surface area contributed by atoms with Crippen LogP contribution in [0.3, 0.4) is 0 Å². The molecule has 3 aliphatic heterocycles. The lowest BCUT2D eigenvalue weighted by Gasteiger charge is -2.33. The number of hydrogen-bond donors (Lipinski definition) is 0.